The predicted molar refractivity (Wildman–Crippen MR) is 88.9 cm³/mol. The summed E-state index contributed by atoms with van der Waals surface area (Å²) >= 11 is 3.67. The molecule has 0 amide bonds. The van der Waals surface area contributed by atoms with Crippen LogP contribution in [-0.2, 0) is 0 Å². The molecular weight excluding hydrogens is 272 g/mol. The molecule has 0 bridgehead atoms. The Hall–Kier alpha value is -1.00. The maximum absolute atomic E-state index is 4.16. The molecule has 0 fully saturated rings. The molecule has 0 radical (unpaired) electrons. The number of nitrogens with zero attached hydrogens (tertiary/aromatic N) is 2. The van der Waals surface area contributed by atoms with Gasteiger partial charge in [-0.2, -0.15) is 23.5 Å². The summed E-state index contributed by atoms with van der Waals surface area (Å²) in [6.45, 7) is 4.98. The van der Waals surface area contributed by atoms with Crippen molar-refractivity contribution in [2.75, 3.05) is 19.1 Å². The molecule has 0 saturated carbocycles. The van der Waals surface area contributed by atoms with Crippen LogP contribution in [0.2, 0.25) is 0 Å². The average molecular weight is 292 g/mol. The second-order valence-electron chi connectivity index (χ2n) is 4.41. The van der Waals surface area contributed by atoms with Gasteiger partial charge in [-0.25, -0.2) is 0 Å². The lowest BCUT2D eigenvalue weighted by atomic mass is 10.2. The van der Waals surface area contributed by atoms with Crippen LogP contribution in [0, 0.1) is 0 Å². The minimum atomic E-state index is 0.487. The summed E-state index contributed by atoms with van der Waals surface area (Å²) in [6.07, 6.45) is 21.5. The van der Waals surface area contributed by atoms with Crippen molar-refractivity contribution in [3.63, 3.8) is 0 Å². The van der Waals surface area contributed by atoms with E-state index in [0.29, 0.717) is 10.5 Å². The van der Waals surface area contributed by atoms with E-state index in [0.717, 1.165) is 12.2 Å². The van der Waals surface area contributed by atoms with Crippen molar-refractivity contribution in [3.8, 4) is 0 Å². The van der Waals surface area contributed by atoms with E-state index < -0.39 is 0 Å². The van der Waals surface area contributed by atoms with E-state index in [-0.39, 0.29) is 0 Å². The third-order valence-corrected chi connectivity index (χ3v) is 4.80. The van der Waals surface area contributed by atoms with Gasteiger partial charge in [0, 0.05) is 41.0 Å². The number of rotatable bonds is 5. The smallest absolute Gasteiger partial charge is 0.0619 e. The first-order valence-corrected chi connectivity index (χ1v) is 8.81. The molecule has 102 valence electrons. The molecule has 0 N–H and O–H groups in total. The molecule has 0 aliphatic carbocycles. The summed E-state index contributed by atoms with van der Waals surface area (Å²) in [4.78, 5) is 4.26. The van der Waals surface area contributed by atoms with Crippen molar-refractivity contribution < 1.29 is 0 Å². The van der Waals surface area contributed by atoms with Crippen molar-refractivity contribution >= 4 is 23.5 Å². The Bertz CT molecular complexity index is 409. The van der Waals surface area contributed by atoms with Crippen molar-refractivity contribution in [3.05, 3.63) is 61.4 Å². The van der Waals surface area contributed by atoms with Crippen LogP contribution in [0.4, 0.5) is 0 Å². The largest absolute Gasteiger partial charge is 0.349 e. The lowest BCUT2D eigenvalue weighted by Crippen LogP contribution is -2.24. The molecule has 0 aromatic heterocycles. The monoisotopic (exact) mass is 292 g/mol. The zero-order chi connectivity index (χ0) is 13.7. The van der Waals surface area contributed by atoms with Crippen LogP contribution < -0.4 is 0 Å². The molecular formula is C15H20N2S2. The molecule has 2 rings (SSSR count). The zero-order valence-electron chi connectivity index (χ0n) is 11.4. The fourth-order valence-electron chi connectivity index (χ4n) is 1.90. The quantitative estimate of drug-likeness (QED) is 0.763. The van der Waals surface area contributed by atoms with E-state index in [1.807, 2.05) is 23.5 Å². The third-order valence-electron chi connectivity index (χ3n) is 3.08. The molecule has 2 aliphatic heterocycles. The van der Waals surface area contributed by atoms with Gasteiger partial charge >= 0.3 is 0 Å². The van der Waals surface area contributed by atoms with Crippen LogP contribution in [0.1, 0.15) is 0 Å². The molecule has 0 aromatic carbocycles. The first-order chi connectivity index (χ1) is 9.22. The van der Waals surface area contributed by atoms with Gasteiger partial charge in [0.2, 0.25) is 0 Å². The van der Waals surface area contributed by atoms with E-state index in [1.165, 1.54) is 0 Å². The van der Waals surface area contributed by atoms with E-state index in [1.54, 1.807) is 0 Å². The fraction of sp³-hybridized carbons (Fsp3) is 0.333. The van der Waals surface area contributed by atoms with E-state index >= 15 is 0 Å². The Balaban J connectivity index is 1.86. The lowest BCUT2D eigenvalue weighted by molar-refractivity contribution is 0.474. The van der Waals surface area contributed by atoms with Gasteiger partial charge in [-0.05, 0) is 12.5 Å². The summed E-state index contributed by atoms with van der Waals surface area (Å²) in [5.74, 6) is 0. The molecule has 0 unspecified atom stereocenters. The predicted octanol–water partition coefficient (Wildman–Crippen LogP) is 3.65. The van der Waals surface area contributed by atoms with Gasteiger partial charge in [-0.3, -0.25) is 0 Å². The highest BCUT2D eigenvalue weighted by Gasteiger charge is 2.11. The van der Waals surface area contributed by atoms with Gasteiger partial charge in [-0.1, -0.05) is 30.9 Å². The molecule has 0 aromatic rings. The maximum Gasteiger partial charge on any atom is 0.0619 e. The average Bonchev–Trinajstić information content (AvgIpc) is 2.48. The van der Waals surface area contributed by atoms with Gasteiger partial charge in [-0.15, -0.1) is 0 Å². The third kappa shape index (κ3) is 3.98. The van der Waals surface area contributed by atoms with Crippen LogP contribution >= 0.6 is 23.5 Å². The van der Waals surface area contributed by atoms with Gasteiger partial charge in [0.1, 0.15) is 0 Å². The van der Waals surface area contributed by atoms with Crippen molar-refractivity contribution in [1.82, 2.24) is 9.80 Å². The van der Waals surface area contributed by atoms with Crippen molar-refractivity contribution in [1.29, 1.82) is 0 Å². The fourth-order valence-corrected chi connectivity index (χ4v) is 2.81. The topological polar surface area (TPSA) is 6.48 Å². The Morgan fingerprint density at radius 2 is 1.42 bits per heavy atom. The van der Waals surface area contributed by atoms with Crippen LogP contribution in [0.3, 0.4) is 0 Å². The molecule has 2 aliphatic rings. The van der Waals surface area contributed by atoms with Crippen molar-refractivity contribution in [2.24, 2.45) is 0 Å². The first kappa shape index (κ1) is 14.4. The SMILES string of the molecule is C=C(CN1C=CC(SC)C=C1)N1C=CC(SC)C=C1. The highest BCUT2D eigenvalue weighted by molar-refractivity contribution is 7.99. The Morgan fingerprint density at radius 1 is 0.947 bits per heavy atom. The highest BCUT2D eigenvalue weighted by atomic mass is 32.2. The van der Waals surface area contributed by atoms with Gasteiger partial charge < -0.3 is 9.80 Å². The maximum atomic E-state index is 4.16. The zero-order valence-corrected chi connectivity index (χ0v) is 13.0. The summed E-state index contributed by atoms with van der Waals surface area (Å²) < 4.78 is 0. The lowest BCUT2D eigenvalue weighted by Gasteiger charge is -2.27. The molecule has 0 atom stereocenters. The molecule has 4 heteroatoms. The normalized spacial score (nSPS) is 19.5. The van der Waals surface area contributed by atoms with Gasteiger partial charge in [0.15, 0.2) is 0 Å². The summed E-state index contributed by atoms with van der Waals surface area (Å²) in [5.41, 5.74) is 1.07. The van der Waals surface area contributed by atoms with E-state index in [9.17, 15) is 0 Å². The molecule has 2 heterocycles. The first-order valence-electron chi connectivity index (χ1n) is 6.23. The van der Waals surface area contributed by atoms with Crippen LogP contribution in [0.5, 0.6) is 0 Å². The molecule has 0 spiro atoms. The summed E-state index contributed by atoms with van der Waals surface area (Å²) in [5, 5.41) is 0.989. The molecule has 19 heavy (non-hydrogen) atoms. The van der Waals surface area contributed by atoms with Crippen molar-refractivity contribution in [2.45, 2.75) is 10.5 Å². The van der Waals surface area contributed by atoms with E-state index in [4.69, 9.17) is 0 Å². The number of thioether (sulfide) groups is 2. The van der Waals surface area contributed by atoms with Gasteiger partial charge in [0.25, 0.3) is 0 Å². The van der Waals surface area contributed by atoms with E-state index in [2.05, 4.69) is 78.0 Å². The Kier molecular flexibility index (Phi) is 5.28. The minimum absolute atomic E-state index is 0.487. The standard InChI is InChI=1S/C15H20N2S2/c1-13(17-10-6-15(19-3)7-11-17)12-16-8-4-14(18-2)5-9-16/h4-11,14-15H,1,12H2,2-3H3. The Morgan fingerprint density at radius 3 is 1.89 bits per heavy atom. The van der Waals surface area contributed by atoms with Gasteiger partial charge in [0.05, 0.1) is 6.54 Å². The second kappa shape index (κ2) is 6.96. The number of hydrogen-bond acceptors (Lipinski definition) is 4. The highest BCUT2D eigenvalue weighted by Crippen LogP contribution is 2.20. The Labute approximate surface area is 124 Å². The second-order valence-corrected chi connectivity index (χ2v) is 6.44. The molecule has 0 saturated heterocycles. The minimum Gasteiger partial charge on any atom is -0.349 e. The van der Waals surface area contributed by atoms with Crippen LogP contribution in [0.25, 0.3) is 0 Å². The number of hydrogen-bond donors (Lipinski definition) is 0. The summed E-state index contributed by atoms with van der Waals surface area (Å²) in [6, 6.07) is 0. The summed E-state index contributed by atoms with van der Waals surface area (Å²) in [7, 11) is 0. The van der Waals surface area contributed by atoms with Crippen LogP contribution in [0.15, 0.2) is 61.4 Å². The van der Waals surface area contributed by atoms with Crippen LogP contribution in [-0.4, -0.2) is 39.4 Å². The molecule has 2 nitrogen and oxygen atoms in total.